The van der Waals surface area contributed by atoms with Crippen LogP contribution in [-0.4, -0.2) is 14.5 Å². The molecule has 0 atom stereocenters. The maximum atomic E-state index is 4.62. The zero-order valence-corrected chi connectivity index (χ0v) is 24.5. The molecule has 0 saturated heterocycles. The lowest BCUT2D eigenvalue weighted by Gasteiger charge is -2.14. The van der Waals surface area contributed by atoms with Gasteiger partial charge in [0.15, 0.2) is 0 Å². The molecule has 9 rings (SSSR count). The Bertz CT molecular complexity index is 2610. The Morgan fingerprint density at radius 1 is 0.455 bits per heavy atom. The highest BCUT2D eigenvalue weighted by Gasteiger charge is 2.13. The van der Waals surface area contributed by atoms with Gasteiger partial charge >= 0.3 is 0 Å². The standard InChI is InChI=1S/C40H25N3S/c1-2-10-28(11-3-1)43-36-17-9-8-16-33(36)31-14-6-4-12-29(31)30-13-5-7-15-32(30)34-22-26(18-20-37(34)43)27-19-21-38-35(23-27)40-39(44-38)24-41-25-42-40/h1-25H. The zero-order chi connectivity index (χ0) is 29.0. The van der Waals surface area contributed by atoms with Crippen molar-refractivity contribution >= 4 is 75.0 Å². The second kappa shape index (κ2) is 10.0. The summed E-state index contributed by atoms with van der Waals surface area (Å²) in [4.78, 5) is 8.86. The average molecular weight is 580 g/mol. The van der Waals surface area contributed by atoms with Gasteiger partial charge in [-0.05, 0) is 75.1 Å². The zero-order valence-electron chi connectivity index (χ0n) is 23.7. The molecular weight excluding hydrogens is 555 g/mol. The lowest BCUT2D eigenvalue weighted by atomic mass is 9.98. The molecule has 0 aliphatic carbocycles. The summed E-state index contributed by atoms with van der Waals surface area (Å²) in [5.74, 6) is 0. The Morgan fingerprint density at radius 3 is 1.77 bits per heavy atom. The summed E-state index contributed by atoms with van der Waals surface area (Å²) in [6.45, 7) is 0. The number of fused-ring (bicyclic) bond motifs is 10. The van der Waals surface area contributed by atoms with Crippen LogP contribution in [0.2, 0.25) is 0 Å². The van der Waals surface area contributed by atoms with Gasteiger partial charge in [0, 0.05) is 32.7 Å². The van der Waals surface area contributed by atoms with Gasteiger partial charge in [0.25, 0.3) is 0 Å². The van der Waals surface area contributed by atoms with Crippen molar-refractivity contribution < 1.29 is 0 Å². The summed E-state index contributed by atoms with van der Waals surface area (Å²) < 4.78 is 4.75. The quantitative estimate of drug-likeness (QED) is 0.204. The van der Waals surface area contributed by atoms with E-state index in [4.69, 9.17) is 0 Å². The van der Waals surface area contributed by atoms with E-state index in [0.717, 1.165) is 26.9 Å². The van der Waals surface area contributed by atoms with Crippen molar-refractivity contribution in [3.63, 3.8) is 0 Å². The fourth-order valence-corrected chi connectivity index (χ4v) is 7.62. The normalized spacial score (nSPS) is 11.6. The van der Waals surface area contributed by atoms with E-state index in [1.54, 1.807) is 17.7 Å². The van der Waals surface area contributed by atoms with Crippen LogP contribution in [0.5, 0.6) is 0 Å². The molecule has 0 amide bonds. The lowest BCUT2D eigenvalue weighted by molar-refractivity contribution is 1.17. The Morgan fingerprint density at radius 2 is 1.02 bits per heavy atom. The molecule has 3 aromatic heterocycles. The van der Waals surface area contributed by atoms with Crippen molar-refractivity contribution in [2.75, 3.05) is 0 Å². The molecule has 0 fully saturated rings. The van der Waals surface area contributed by atoms with E-state index in [9.17, 15) is 0 Å². The van der Waals surface area contributed by atoms with Crippen LogP contribution >= 0.6 is 11.3 Å². The number of nitrogens with zero attached hydrogens (tertiary/aromatic N) is 3. The van der Waals surface area contributed by atoms with E-state index in [-0.39, 0.29) is 0 Å². The highest BCUT2D eigenvalue weighted by Crippen LogP contribution is 2.38. The first-order valence-electron chi connectivity index (χ1n) is 14.7. The number of rotatable bonds is 2. The molecule has 9 aromatic rings. The summed E-state index contributed by atoms with van der Waals surface area (Å²) in [5.41, 5.74) is 6.77. The summed E-state index contributed by atoms with van der Waals surface area (Å²) in [6.07, 6.45) is 3.55. The van der Waals surface area contributed by atoms with Gasteiger partial charge in [-0.3, -0.25) is 0 Å². The van der Waals surface area contributed by atoms with Crippen molar-refractivity contribution in [1.29, 1.82) is 0 Å². The molecule has 3 heterocycles. The predicted octanol–water partition coefficient (Wildman–Crippen LogP) is 11.0. The summed E-state index contributed by atoms with van der Waals surface area (Å²) in [6, 6.07) is 50.7. The van der Waals surface area contributed by atoms with Crippen LogP contribution in [-0.2, 0) is 0 Å². The number of hydrogen-bond donors (Lipinski definition) is 0. The number of benzene rings is 6. The molecule has 0 spiro atoms. The minimum Gasteiger partial charge on any atom is -0.309 e. The van der Waals surface area contributed by atoms with Gasteiger partial charge < -0.3 is 4.57 Å². The van der Waals surface area contributed by atoms with E-state index >= 15 is 0 Å². The van der Waals surface area contributed by atoms with E-state index in [2.05, 4.69) is 154 Å². The first-order valence-corrected chi connectivity index (χ1v) is 15.6. The predicted molar refractivity (Wildman–Crippen MR) is 187 cm³/mol. The maximum absolute atomic E-state index is 4.62. The molecular formula is C40H25N3S. The maximum Gasteiger partial charge on any atom is 0.116 e. The molecule has 4 heteroatoms. The van der Waals surface area contributed by atoms with Crippen LogP contribution < -0.4 is 0 Å². The molecule has 0 aliphatic rings. The Hall–Kier alpha value is -5.58. The van der Waals surface area contributed by atoms with Crippen LogP contribution in [0.3, 0.4) is 0 Å². The fraction of sp³-hybridized carbons (Fsp3) is 0. The van der Waals surface area contributed by atoms with Crippen LogP contribution in [0.25, 0.3) is 80.5 Å². The molecule has 3 nitrogen and oxygen atoms in total. The summed E-state index contributed by atoms with van der Waals surface area (Å²) >= 11 is 1.74. The highest BCUT2D eigenvalue weighted by molar-refractivity contribution is 7.25. The van der Waals surface area contributed by atoms with Crippen LogP contribution in [0.15, 0.2) is 152 Å². The number of hydrogen-bond acceptors (Lipinski definition) is 3. The summed E-state index contributed by atoms with van der Waals surface area (Å²) in [5, 5.41) is 8.45. The van der Waals surface area contributed by atoms with Crippen molar-refractivity contribution in [3.05, 3.63) is 152 Å². The fourth-order valence-electron chi connectivity index (χ4n) is 6.61. The third kappa shape index (κ3) is 3.89. The minimum absolute atomic E-state index is 1.01. The summed E-state index contributed by atoms with van der Waals surface area (Å²) in [7, 11) is 0. The molecule has 6 aromatic carbocycles. The average Bonchev–Trinajstić information content (AvgIpc) is 3.48. The first-order chi connectivity index (χ1) is 21.8. The van der Waals surface area contributed by atoms with E-state index < -0.39 is 0 Å². The monoisotopic (exact) mass is 579 g/mol. The minimum atomic E-state index is 1.01. The van der Waals surface area contributed by atoms with Crippen molar-refractivity contribution in [3.8, 4) is 16.8 Å². The second-order valence-corrected chi connectivity index (χ2v) is 12.1. The van der Waals surface area contributed by atoms with Gasteiger partial charge in [-0.1, -0.05) is 97.1 Å². The highest BCUT2D eigenvalue weighted by atomic mass is 32.1. The molecule has 0 unspecified atom stereocenters. The van der Waals surface area contributed by atoms with Gasteiger partial charge in [0.05, 0.1) is 21.3 Å². The molecule has 0 N–H and O–H groups in total. The van der Waals surface area contributed by atoms with Crippen LogP contribution in [0.4, 0.5) is 0 Å². The Kier molecular flexibility index (Phi) is 5.68. The van der Waals surface area contributed by atoms with Crippen molar-refractivity contribution in [2.24, 2.45) is 0 Å². The third-order valence-electron chi connectivity index (χ3n) is 8.59. The van der Waals surface area contributed by atoms with Gasteiger partial charge in [-0.2, -0.15) is 0 Å². The second-order valence-electron chi connectivity index (χ2n) is 11.1. The van der Waals surface area contributed by atoms with Gasteiger partial charge in [0.1, 0.15) is 6.33 Å². The Labute approximate surface area is 257 Å². The lowest BCUT2D eigenvalue weighted by Crippen LogP contribution is -1.97. The molecule has 206 valence electrons. The number of para-hydroxylation sites is 2. The van der Waals surface area contributed by atoms with Crippen molar-refractivity contribution in [2.45, 2.75) is 0 Å². The SMILES string of the molecule is c1ccc(-n2c3ccccc3c3ccccc3c3ccccc3c3cc(-c4ccc5sc6cncnc6c5c4)ccc32)cc1. The van der Waals surface area contributed by atoms with E-state index in [1.165, 1.54) is 53.5 Å². The van der Waals surface area contributed by atoms with Crippen LogP contribution in [0, 0.1) is 0 Å². The largest absolute Gasteiger partial charge is 0.309 e. The van der Waals surface area contributed by atoms with Crippen molar-refractivity contribution in [1.82, 2.24) is 14.5 Å². The van der Waals surface area contributed by atoms with Gasteiger partial charge in [-0.15, -0.1) is 11.3 Å². The smallest absolute Gasteiger partial charge is 0.116 e. The first kappa shape index (κ1) is 25.0. The molecule has 0 aliphatic heterocycles. The van der Waals surface area contributed by atoms with Gasteiger partial charge in [0.2, 0.25) is 0 Å². The Balaban J connectivity index is 1.49. The molecule has 0 radical (unpaired) electrons. The topological polar surface area (TPSA) is 30.7 Å². The van der Waals surface area contributed by atoms with Crippen LogP contribution in [0.1, 0.15) is 0 Å². The van der Waals surface area contributed by atoms with Gasteiger partial charge in [-0.25, -0.2) is 9.97 Å². The molecule has 0 saturated carbocycles. The third-order valence-corrected chi connectivity index (χ3v) is 9.68. The van der Waals surface area contributed by atoms with E-state index in [1.807, 2.05) is 6.20 Å². The number of aromatic nitrogens is 3. The molecule has 0 bridgehead atoms. The molecule has 44 heavy (non-hydrogen) atoms. The van der Waals surface area contributed by atoms with E-state index in [0.29, 0.717) is 0 Å². The number of thiophene rings is 1.